The number of fused-ring (bicyclic) bond motifs is 1. The van der Waals surface area contributed by atoms with Gasteiger partial charge in [-0.2, -0.15) is 18.2 Å². The monoisotopic (exact) mass is 255 g/mol. The maximum absolute atomic E-state index is 12.4. The van der Waals surface area contributed by atoms with Crippen LogP contribution in [-0.4, -0.2) is 15.1 Å². The molecule has 1 aromatic heterocycles. The average molecular weight is 255 g/mol. The Kier molecular flexibility index (Phi) is 2.87. The van der Waals surface area contributed by atoms with Gasteiger partial charge in [0.25, 0.3) is 0 Å². The molecule has 1 aromatic carbocycles. The minimum atomic E-state index is -4.39. The topological polar surface area (TPSA) is 38.1 Å². The number of rotatable bonds is 1. The Labute approximate surface area is 99.0 Å². The fourth-order valence-corrected chi connectivity index (χ4v) is 1.37. The zero-order valence-electron chi connectivity index (χ0n) is 8.19. The number of aromatic nitrogens is 2. The molecule has 0 bridgehead atoms. The number of halogens is 3. The van der Waals surface area contributed by atoms with E-state index >= 15 is 0 Å². The number of isothiocyanates is 1. The summed E-state index contributed by atoms with van der Waals surface area (Å²) in [5, 5.41) is 2.11. The second-order valence-corrected chi connectivity index (χ2v) is 3.32. The molecule has 0 unspecified atom stereocenters. The highest BCUT2D eigenvalue weighted by Gasteiger charge is 2.30. The van der Waals surface area contributed by atoms with Crippen LogP contribution >= 0.6 is 12.2 Å². The van der Waals surface area contributed by atoms with Crippen molar-refractivity contribution in [1.82, 2.24) is 9.97 Å². The van der Waals surface area contributed by atoms with Gasteiger partial charge in [0.2, 0.25) is 0 Å². The van der Waals surface area contributed by atoms with Crippen molar-refractivity contribution in [3.05, 3.63) is 30.0 Å². The van der Waals surface area contributed by atoms with E-state index in [1.807, 2.05) is 0 Å². The van der Waals surface area contributed by atoms with Crippen LogP contribution in [0, 0.1) is 0 Å². The molecule has 0 saturated heterocycles. The van der Waals surface area contributed by atoms with Crippen molar-refractivity contribution in [3.63, 3.8) is 0 Å². The molecular weight excluding hydrogens is 251 g/mol. The maximum Gasteiger partial charge on any atom is 0.416 e. The standard InChI is InChI=1S/C10H4F3N3S/c11-10(12,13)6-1-2-7-8(3-6)14-4-9(16-7)15-5-17/h1-4H. The Morgan fingerprint density at radius 3 is 2.65 bits per heavy atom. The van der Waals surface area contributed by atoms with Crippen LogP contribution in [0.2, 0.25) is 0 Å². The average Bonchev–Trinajstić information content (AvgIpc) is 2.27. The van der Waals surface area contributed by atoms with Crippen LogP contribution in [0.1, 0.15) is 5.56 Å². The van der Waals surface area contributed by atoms with Crippen molar-refractivity contribution in [2.45, 2.75) is 6.18 Å². The van der Waals surface area contributed by atoms with E-state index in [0.29, 0.717) is 5.52 Å². The summed E-state index contributed by atoms with van der Waals surface area (Å²) >= 11 is 4.39. The highest BCUT2D eigenvalue weighted by Crippen LogP contribution is 2.30. The minimum Gasteiger partial charge on any atom is -0.251 e. The lowest BCUT2D eigenvalue weighted by molar-refractivity contribution is -0.137. The summed E-state index contributed by atoms with van der Waals surface area (Å²) in [5.74, 6) is 0.215. The number of thiocarbonyl (C=S) groups is 1. The van der Waals surface area contributed by atoms with Crippen molar-refractivity contribution in [2.75, 3.05) is 0 Å². The van der Waals surface area contributed by atoms with Gasteiger partial charge in [0.05, 0.1) is 28.0 Å². The Morgan fingerprint density at radius 1 is 1.24 bits per heavy atom. The predicted molar refractivity (Wildman–Crippen MR) is 59.2 cm³/mol. The summed E-state index contributed by atoms with van der Waals surface area (Å²) in [6.45, 7) is 0. The maximum atomic E-state index is 12.4. The Morgan fingerprint density at radius 2 is 2.00 bits per heavy atom. The molecule has 17 heavy (non-hydrogen) atoms. The quantitative estimate of drug-likeness (QED) is 0.579. The highest BCUT2D eigenvalue weighted by atomic mass is 32.1. The Bertz CT molecular complexity index is 618. The minimum absolute atomic E-state index is 0.156. The molecule has 0 N–H and O–H groups in total. The SMILES string of the molecule is FC(F)(F)c1ccc2nc(N=C=S)cnc2c1. The van der Waals surface area contributed by atoms with Crippen molar-refractivity contribution >= 4 is 34.2 Å². The number of hydrogen-bond donors (Lipinski definition) is 0. The third kappa shape index (κ3) is 2.46. The summed E-state index contributed by atoms with van der Waals surface area (Å²) in [5.41, 5.74) is -0.280. The van der Waals surface area contributed by atoms with E-state index < -0.39 is 11.7 Å². The number of hydrogen-bond acceptors (Lipinski definition) is 4. The third-order valence-corrected chi connectivity index (χ3v) is 2.11. The van der Waals surface area contributed by atoms with Gasteiger partial charge in [0.1, 0.15) is 0 Å². The third-order valence-electron chi connectivity index (χ3n) is 2.02. The normalized spacial score (nSPS) is 11.2. The fraction of sp³-hybridized carbons (Fsp3) is 0.100. The van der Waals surface area contributed by atoms with Crippen LogP contribution in [0.5, 0.6) is 0 Å². The largest absolute Gasteiger partial charge is 0.416 e. The van der Waals surface area contributed by atoms with Crippen molar-refractivity contribution in [1.29, 1.82) is 0 Å². The molecule has 0 amide bonds. The van der Waals surface area contributed by atoms with Gasteiger partial charge in [0.15, 0.2) is 5.82 Å². The summed E-state index contributed by atoms with van der Waals surface area (Å²) < 4.78 is 37.3. The van der Waals surface area contributed by atoms with Crippen molar-refractivity contribution in [3.8, 4) is 0 Å². The zero-order valence-corrected chi connectivity index (χ0v) is 9.01. The van der Waals surface area contributed by atoms with Crippen LogP contribution in [0.15, 0.2) is 29.4 Å². The lowest BCUT2D eigenvalue weighted by Crippen LogP contribution is -2.04. The van der Waals surface area contributed by atoms with E-state index in [1.165, 1.54) is 12.3 Å². The Balaban J connectivity index is 2.58. The van der Waals surface area contributed by atoms with E-state index in [2.05, 4.69) is 32.3 Å². The molecule has 2 aromatic rings. The van der Waals surface area contributed by atoms with Crippen LogP contribution in [0.4, 0.5) is 19.0 Å². The summed E-state index contributed by atoms with van der Waals surface area (Å²) in [6.07, 6.45) is -3.15. The van der Waals surface area contributed by atoms with Gasteiger partial charge in [-0.3, -0.25) is 4.98 Å². The van der Waals surface area contributed by atoms with Gasteiger partial charge in [-0.25, -0.2) is 4.98 Å². The van der Waals surface area contributed by atoms with Gasteiger partial charge in [-0.1, -0.05) is 0 Å². The molecule has 0 aliphatic rings. The van der Waals surface area contributed by atoms with Crippen LogP contribution in [-0.2, 0) is 6.18 Å². The summed E-state index contributed by atoms with van der Waals surface area (Å²) in [6, 6.07) is 3.13. The smallest absolute Gasteiger partial charge is 0.251 e. The first-order chi connectivity index (χ1) is 8.00. The van der Waals surface area contributed by atoms with E-state index in [1.54, 1.807) is 0 Å². The summed E-state index contributed by atoms with van der Waals surface area (Å²) in [7, 11) is 0. The highest BCUT2D eigenvalue weighted by molar-refractivity contribution is 7.78. The number of aliphatic imine (C=N–C) groups is 1. The lowest BCUT2D eigenvalue weighted by Gasteiger charge is -2.06. The van der Waals surface area contributed by atoms with Gasteiger partial charge in [-0.05, 0) is 30.4 Å². The van der Waals surface area contributed by atoms with Crippen LogP contribution in [0.25, 0.3) is 11.0 Å². The summed E-state index contributed by atoms with van der Waals surface area (Å²) in [4.78, 5) is 11.4. The van der Waals surface area contributed by atoms with E-state index in [4.69, 9.17) is 0 Å². The lowest BCUT2D eigenvalue weighted by atomic mass is 10.2. The molecule has 7 heteroatoms. The van der Waals surface area contributed by atoms with E-state index in [-0.39, 0.29) is 11.3 Å². The van der Waals surface area contributed by atoms with Gasteiger partial charge in [-0.15, -0.1) is 0 Å². The van der Waals surface area contributed by atoms with Gasteiger partial charge < -0.3 is 0 Å². The van der Waals surface area contributed by atoms with Gasteiger partial charge >= 0.3 is 6.18 Å². The molecule has 86 valence electrons. The molecule has 0 radical (unpaired) electrons. The zero-order chi connectivity index (χ0) is 12.5. The molecule has 0 aliphatic heterocycles. The molecule has 0 atom stereocenters. The molecule has 0 aliphatic carbocycles. The molecule has 0 fully saturated rings. The van der Waals surface area contributed by atoms with Crippen molar-refractivity contribution in [2.24, 2.45) is 4.99 Å². The first-order valence-electron chi connectivity index (χ1n) is 4.42. The molecular formula is C10H4F3N3S. The molecule has 0 spiro atoms. The van der Waals surface area contributed by atoms with Gasteiger partial charge in [0, 0.05) is 0 Å². The second kappa shape index (κ2) is 4.20. The molecule has 1 heterocycles. The molecule has 3 nitrogen and oxygen atoms in total. The molecule has 2 rings (SSSR count). The number of benzene rings is 1. The fourth-order valence-electron chi connectivity index (χ4n) is 1.28. The van der Waals surface area contributed by atoms with E-state index in [0.717, 1.165) is 12.1 Å². The number of alkyl halides is 3. The second-order valence-electron chi connectivity index (χ2n) is 3.13. The van der Waals surface area contributed by atoms with Crippen LogP contribution < -0.4 is 0 Å². The first-order valence-corrected chi connectivity index (χ1v) is 4.83. The van der Waals surface area contributed by atoms with Crippen LogP contribution in [0.3, 0.4) is 0 Å². The Hall–Kier alpha value is -1.85. The molecule has 0 saturated carbocycles. The van der Waals surface area contributed by atoms with Crippen molar-refractivity contribution < 1.29 is 13.2 Å². The predicted octanol–water partition coefficient (Wildman–Crippen LogP) is 3.38. The first kappa shape index (κ1) is 11.6. The van der Waals surface area contributed by atoms with E-state index in [9.17, 15) is 13.2 Å². The number of nitrogens with zero attached hydrogens (tertiary/aromatic N) is 3.